The second-order valence-electron chi connectivity index (χ2n) is 3.30. The maximum absolute atomic E-state index is 13.3. The molecule has 0 unspecified atom stereocenters. The van der Waals surface area contributed by atoms with E-state index in [1.807, 2.05) is 0 Å². The summed E-state index contributed by atoms with van der Waals surface area (Å²) in [6.45, 7) is 0. The Hall–Kier alpha value is -1.49. The minimum absolute atomic E-state index is 0.244. The van der Waals surface area contributed by atoms with Crippen LogP contribution < -0.4 is 0 Å². The molecule has 5 heteroatoms. The third-order valence-electron chi connectivity index (χ3n) is 2.24. The molecule has 0 spiro atoms. The largest absolute Gasteiger partial charge is 0.287 e. The van der Waals surface area contributed by atoms with Gasteiger partial charge in [-0.3, -0.25) is 9.48 Å². The molecule has 0 bridgehead atoms. The lowest BCUT2D eigenvalue weighted by atomic mass is 10.1. The van der Waals surface area contributed by atoms with Crippen LogP contribution in [0.4, 0.5) is 4.39 Å². The highest BCUT2D eigenvalue weighted by molar-refractivity contribution is 9.10. The van der Waals surface area contributed by atoms with Crippen molar-refractivity contribution in [2.45, 2.75) is 0 Å². The van der Waals surface area contributed by atoms with Gasteiger partial charge >= 0.3 is 0 Å². The fourth-order valence-electron chi connectivity index (χ4n) is 1.38. The molecule has 0 N–H and O–H groups in total. The average molecular weight is 283 g/mol. The van der Waals surface area contributed by atoms with E-state index in [2.05, 4.69) is 21.0 Å². The van der Waals surface area contributed by atoms with Gasteiger partial charge < -0.3 is 0 Å². The first kappa shape index (κ1) is 11.0. The Morgan fingerprint density at radius 3 is 2.75 bits per heavy atom. The molecule has 0 atom stereocenters. The van der Waals surface area contributed by atoms with E-state index in [1.54, 1.807) is 19.2 Å². The summed E-state index contributed by atoms with van der Waals surface area (Å²) in [6.07, 6.45) is 1.53. The molecule has 2 rings (SSSR count). The summed E-state index contributed by atoms with van der Waals surface area (Å²) in [5.41, 5.74) is 0.742. The van der Waals surface area contributed by atoms with Gasteiger partial charge in [-0.25, -0.2) is 4.39 Å². The van der Waals surface area contributed by atoms with Crippen LogP contribution in [0, 0.1) is 5.82 Å². The number of benzene rings is 1. The summed E-state index contributed by atoms with van der Waals surface area (Å²) in [5.74, 6) is -0.695. The Bertz CT molecular complexity index is 551. The number of ketones is 1. The third-order valence-corrected chi connectivity index (χ3v) is 2.88. The summed E-state index contributed by atoms with van der Waals surface area (Å²) in [6, 6.07) is 5.89. The van der Waals surface area contributed by atoms with Crippen LogP contribution in [0.3, 0.4) is 0 Å². The zero-order valence-corrected chi connectivity index (χ0v) is 10.0. The van der Waals surface area contributed by atoms with Gasteiger partial charge in [0.2, 0.25) is 5.78 Å². The highest BCUT2D eigenvalue weighted by atomic mass is 79.9. The second-order valence-corrected chi connectivity index (χ2v) is 4.15. The van der Waals surface area contributed by atoms with Crippen LogP contribution in [0.15, 0.2) is 34.9 Å². The lowest BCUT2D eigenvalue weighted by molar-refractivity contribution is 0.103. The molecule has 0 amide bonds. The van der Waals surface area contributed by atoms with E-state index in [0.29, 0.717) is 15.7 Å². The van der Waals surface area contributed by atoms with E-state index < -0.39 is 5.82 Å². The molecule has 16 heavy (non-hydrogen) atoms. The molecular formula is C11H8BrFN2O. The number of hydrogen-bond acceptors (Lipinski definition) is 2. The van der Waals surface area contributed by atoms with E-state index >= 15 is 0 Å². The van der Waals surface area contributed by atoms with Crippen LogP contribution in [-0.2, 0) is 7.05 Å². The van der Waals surface area contributed by atoms with Crippen LogP contribution in [0.5, 0.6) is 0 Å². The van der Waals surface area contributed by atoms with Gasteiger partial charge in [-0.05, 0) is 40.2 Å². The fourth-order valence-corrected chi connectivity index (χ4v) is 1.63. The van der Waals surface area contributed by atoms with Gasteiger partial charge in [-0.2, -0.15) is 5.10 Å². The Balaban J connectivity index is 2.42. The Morgan fingerprint density at radius 1 is 1.44 bits per heavy atom. The van der Waals surface area contributed by atoms with Gasteiger partial charge in [-0.15, -0.1) is 0 Å². The highest BCUT2D eigenvalue weighted by Crippen LogP contribution is 2.18. The second kappa shape index (κ2) is 4.17. The number of halogens is 2. The quantitative estimate of drug-likeness (QED) is 0.794. The van der Waals surface area contributed by atoms with Gasteiger partial charge in [-0.1, -0.05) is 0 Å². The molecule has 3 nitrogen and oxygen atoms in total. The summed E-state index contributed by atoms with van der Waals surface area (Å²) < 4.78 is 15.1. The zero-order chi connectivity index (χ0) is 11.7. The van der Waals surface area contributed by atoms with Crippen molar-refractivity contribution in [1.82, 2.24) is 9.78 Å². The standard InChI is InChI=1S/C11H8BrFN2O/c1-15-10(4-5-14-15)11(16)7-2-3-8(12)9(13)6-7/h2-6H,1H3. The molecule has 2 aromatic rings. The summed E-state index contributed by atoms with van der Waals surface area (Å²) in [5, 5.41) is 3.90. The van der Waals surface area contributed by atoms with Crippen molar-refractivity contribution in [1.29, 1.82) is 0 Å². The van der Waals surface area contributed by atoms with Gasteiger partial charge in [0.15, 0.2) is 0 Å². The topological polar surface area (TPSA) is 34.9 Å². The smallest absolute Gasteiger partial charge is 0.211 e. The Labute approximate surface area is 100 Å². The molecule has 0 saturated heterocycles. The lowest BCUT2D eigenvalue weighted by Gasteiger charge is -2.02. The number of rotatable bonds is 2. The number of carbonyl (C=O) groups excluding carboxylic acids is 1. The molecule has 1 aromatic heterocycles. The van der Waals surface area contributed by atoms with Crippen molar-refractivity contribution in [3.8, 4) is 0 Å². The number of carbonyl (C=O) groups is 1. The summed E-state index contributed by atoms with van der Waals surface area (Å²) in [4.78, 5) is 11.9. The van der Waals surface area contributed by atoms with Gasteiger partial charge in [0.25, 0.3) is 0 Å². The van der Waals surface area contributed by atoms with Crippen molar-refractivity contribution in [2.24, 2.45) is 7.05 Å². The summed E-state index contributed by atoms with van der Waals surface area (Å²) >= 11 is 3.04. The molecule has 1 heterocycles. The molecule has 0 saturated carbocycles. The van der Waals surface area contributed by atoms with Crippen LogP contribution in [-0.4, -0.2) is 15.6 Å². The molecule has 0 fully saturated rings. The predicted octanol–water partition coefficient (Wildman–Crippen LogP) is 2.55. The fraction of sp³-hybridized carbons (Fsp3) is 0.0909. The molecule has 0 aliphatic rings. The van der Waals surface area contributed by atoms with E-state index in [-0.39, 0.29) is 5.78 Å². The van der Waals surface area contributed by atoms with E-state index in [4.69, 9.17) is 0 Å². The first-order valence-electron chi connectivity index (χ1n) is 4.57. The highest BCUT2D eigenvalue weighted by Gasteiger charge is 2.14. The monoisotopic (exact) mass is 282 g/mol. The van der Waals surface area contributed by atoms with Crippen molar-refractivity contribution in [3.63, 3.8) is 0 Å². The zero-order valence-electron chi connectivity index (χ0n) is 8.45. The molecule has 0 aliphatic carbocycles. The van der Waals surface area contributed by atoms with Crippen LogP contribution in [0.25, 0.3) is 0 Å². The SMILES string of the molecule is Cn1nccc1C(=O)c1ccc(Br)c(F)c1. The van der Waals surface area contributed by atoms with Gasteiger partial charge in [0, 0.05) is 18.8 Å². The van der Waals surface area contributed by atoms with E-state index in [1.165, 1.54) is 23.0 Å². The predicted molar refractivity (Wildman–Crippen MR) is 60.7 cm³/mol. The normalized spacial score (nSPS) is 10.4. The Kier molecular flexibility index (Phi) is 2.87. The van der Waals surface area contributed by atoms with Crippen molar-refractivity contribution < 1.29 is 9.18 Å². The van der Waals surface area contributed by atoms with Crippen LogP contribution in [0.2, 0.25) is 0 Å². The maximum atomic E-state index is 13.3. The minimum atomic E-state index is -0.451. The first-order valence-corrected chi connectivity index (χ1v) is 5.36. The van der Waals surface area contributed by atoms with Crippen molar-refractivity contribution in [3.05, 3.63) is 52.0 Å². The Morgan fingerprint density at radius 2 is 2.19 bits per heavy atom. The number of hydrogen-bond donors (Lipinski definition) is 0. The molecular weight excluding hydrogens is 275 g/mol. The van der Waals surface area contributed by atoms with Crippen molar-refractivity contribution in [2.75, 3.05) is 0 Å². The van der Waals surface area contributed by atoms with Gasteiger partial charge in [0.05, 0.1) is 4.47 Å². The van der Waals surface area contributed by atoms with E-state index in [9.17, 15) is 9.18 Å². The molecule has 82 valence electrons. The third kappa shape index (κ3) is 1.90. The van der Waals surface area contributed by atoms with E-state index in [0.717, 1.165) is 0 Å². The van der Waals surface area contributed by atoms with Crippen molar-refractivity contribution >= 4 is 21.7 Å². The van der Waals surface area contributed by atoms with Crippen LogP contribution >= 0.6 is 15.9 Å². The molecule has 0 radical (unpaired) electrons. The number of aromatic nitrogens is 2. The summed E-state index contributed by atoms with van der Waals surface area (Å²) in [7, 11) is 1.67. The number of aryl methyl sites for hydroxylation is 1. The van der Waals surface area contributed by atoms with Crippen LogP contribution in [0.1, 0.15) is 16.1 Å². The minimum Gasteiger partial charge on any atom is -0.287 e. The molecule has 1 aromatic carbocycles. The molecule has 0 aliphatic heterocycles. The maximum Gasteiger partial charge on any atom is 0.211 e. The lowest BCUT2D eigenvalue weighted by Crippen LogP contribution is -2.08. The van der Waals surface area contributed by atoms with Gasteiger partial charge in [0.1, 0.15) is 11.5 Å². The first-order chi connectivity index (χ1) is 7.59. The number of nitrogens with zero attached hydrogens (tertiary/aromatic N) is 2. The average Bonchev–Trinajstić information content (AvgIpc) is 2.67.